The molecule has 1 rings (SSSR count). The summed E-state index contributed by atoms with van der Waals surface area (Å²) in [6.07, 6.45) is 2.56. The lowest BCUT2D eigenvalue weighted by Crippen LogP contribution is -2.20. The van der Waals surface area contributed by atoms with Crippen LogP contribution in [0.25, 0.3) is 0 Å². The minimum atomic E-state index is 0.296. The molecule has 0 bridgehead atoms. The second-order valence-corrected chi connectivity index (χ2v) is 5.23. The third-order valence-electron chi connectivity index (χ3n) is 2.84. The highest BCUT2D eigenvalue weighted by atomic mass is 35.5. The SMILES string of the molecule is CC(C)OCCCCNC(C)c1ccccc1Cl. The van der Waals surface area contributed by atoms with Crippen LogP contribution in [0.15, 0.2) is 24.3 Å². The average Bonchev–Trinajstić information content (AvgIpc) is 2.33. The van der Waals surface area contributed by atoms with Crippen molar-refractivity contribution < 1.29 is 4.74 Å². The molecule has 18 heavy (non-hydrogen) atoms. The molecular weight excluding hydrogens is 246 g/mol. The zero-order valence-electron chi connectivity index (χ0n) is 11.6. The van der Waals surface area contributed by atoms with E-state index in [1.807, 2.05) is 18.2 Å². The van der Waals surface area contributed by atoms with Crippen LogP contribution in [0.4, 0.5) is 0 Å². The standard InChI is InChI=1S/C15H24ClNO/c1-12(2)18-11-7-6-10-17-13(3)14-8-4-5-9-15(14)16/h4-5,8-9,12-13,17H,6-7,10-11H2,1-3H3. The molecule has 0 amide bonds. The quantitative estimate of drug-likeness (QED) is 0.715. The maximum absolute atomic E-state index is 6.16. The normalized spacial score (nSPS) is 12.9. The zero-order chi connectivity index (χ0) is 13.4. The van der Waals surface area contributed by atoms with Crippen LogP contribution in [0.5, 0.6) is 0 Å². The van der Waals surface area contributed by atoms with Gasteiger partial charge in [0.2, 0.25) is 0 Å². The lowest BCUT2D eigenvalue weighted by Gasteiger charge is -2.15. The van der Waals surface area contributed by atoms with Crippen molar-refractivity contribution in [2.75, 3.05) is 13.2 Å². The third kappa shape index (κ3) is 5.85. The van der Waals surface area contributed by atoms with Crippen LogP contribution in [0, 0.1) is 0 Å². The van der Waals surface area contributed by atoms with Crippen molar-refractivity contribution in [1.82, 2.24) is 5.32 Å². The van der Waals surface area contributed by atoms with E-state index in [1.165, 1.54) is 0 Å². The lowest BCUT2D eigenvalue weighted by atomic mass is 10.1. The Hall–Kier alpha value is -0.570. The molecule has 2 nitrogen and oxygen atoms in total. The third-order valence-corrected chi connectivity index (χ3v) is 3.19. The molecule has 1 unspecified atom stereocenters. The van der Waals surface area contributed by atoms with Gasteiger partial charge in [-0.2, -0.15) is 0 Å². The monoisotopic (exact) mass is 269 g/mol. The number of nitrogens with one attached hydrogen (secondary N) is 1. The molecule has 1 atom stereocenters. The van der Waals surface area contributed by atoms with E-state index < -0.39 is 0 Å². The summed E-state index contributed by atoms with van der Waals surface area (Å²) >= 11 is 6.16. The van der Waals surface area contributed by atoms with Crippen LogP contribution in [0.3, 0.4) is 0 Å². The molecule has 0 radical (unpaired) electrons. The van der Waals surface area contributed by atoms with Gasteiger partial charge in [-0.15, -0.1) is 0 Å². The van der Waals surface area contributed by atoms with Gasteiger partial charge in [-0.05, 0) is 51.8 Å². The topological polar surface area (TPSA) is 21.3 Å². The number of hydrogen-bond donors (Lipinski definition) is 1. The van der Waals surface area contributed by atoms with E-state index in [0.717, 1.165) is 36.6 Å². The molecule has 0 heterocycles. The van der Waals surface area contributed by atoms with Gasteiger partial charge in [0.05, 0.1) is 6.10 Å². The largest absolute Gasteiger partial charge is 0.379 e. The number of halogens is 1. The maximum Gasteiger partial charge on any atom is 0.0518 e. The molecule has 1 aromatic rings. The highest BCUT2D eigenvalue weighted by molar-refractivity contribution is 6.31. The molecule has 0 aliphatic rings. The first-order chi connectivity index (χ1) is 8.61. The molecule has 0 saturated heterocycles. The summed E-state index contributed by atoms with van der Waals surface area (Å²) < 4.78 is 5.50. The van der Waals surface area contributed by atoms with Crippen LogP contribution in [0.2, 0.25) is 5.02 Å². The van der Waals surface area contributed by atoms with Gasteiger partial charge in [0.15, 0.2) is 0 Å². The Morgan fingerprint density at radius 2 is 1.89 bits per heavy atom. The van der Waals surface area contributed by atoms with Crippen molar-refractivity contribution >= 4 is 11.6 Å². The van der Waals surface area contributed by atoms with Gasteiger partial charge in [-0.3, -0.25) is 0 Å². The summed E-state index contributed by atoms with van der Waals surface area (Å²) in [6.45, 7) is 8.12. The molecule has 0 fully saturated rings. The molecule has 1 aromatic carbocycles. The molecular formula is C15H24ClNO. The smallest absolute Gasteiger partial charge is 0.0518 e. The Balaban J connectivity index is 2.18. The Kier molecular flexibility index (Phi) is 7.33. The maximum atomic E-state index is 6.16. The van der Waals surface area contributed by atoms with Crippen LogP contribution in [-0.4, -0.2) is 19.3 Å². The van der Waals surface area contributed by atoms with Crippen molar-refractivity contribution in [3.05, 3.63) is 34.9 Å². The fraction of sp³-hybridized carbons (Fsp3) is 0.600. The predicted molar refractivity (Wildman–Crippen MR) is 78.2 cm³/mol. The van der Waals surface area contributed by atoms with E-state index in [2.05, 4.69) is 32.2 Å². The number of benzene rings is 1. The van der Waals surface area contributed by atoms with Gasteiger partial charge in [-0.1, -0.05) is 29.8 Å². The van der Waals surface area contributed by atoms with Gasteiger partial charge < -0.3 is 10.1 Å². The summed E-state index contributed by atoms with van der Waals surface area (Å²) in [5.74, 6) is 0. The van der Waals surface area contributed by atoms with Crippen molar-refractivity contribution in [2.24, 2.45) is 0 Å². The summed E-state index contributed by atoms with van der Waals surface area (Å²) in [6, 6.07) is 8.29. The van der Waals surface area contributed by atoms with E-state index in [-0.39, 0.29) is 0 Å². The number of ether oxygens (including phenoxy) is 1. The van der Waals surface area contributed by atoms with Crippen molar-refractivity contribution in [3.63, 3.8) is 0 Å². The molecule has 0 aliphatic carbocycles. The van der Waals surface area contributed by atoms with Gasteiger partial charge in [0, 0.05) is 17.7 Å². The fourth-order valence-corrected chi connectivity index (χ4v) is 2.10. The van der Waals surface area contributed by atoms with E-state index in [1.54, 1.807) is 0 Å². The molecule has 0 aliphatic heterocycles. The molecule has 102 valence electrons. The van der Waals surface area contributed by atoms with Gasteiger partial charge in [0.1, 0.15) is 0 Å². The van der Waals surface area contributed by atoms with Crippen LogP contribution >= 0.6 is 11.6 Å². The first kappa shape index (κ1) is 15.5. The molecule has 1 N–H and O–H groups in total. The Labute approximate surface area is 116 Å². The molecule has 3 heteroatoms. The summed E-state index contributed by atoms with van der Waals surface area (Å²) in [5, 5.41) is 4.32. The predicted octanol–water partition coefficient (Wildman–Crippen LogP) is 4.20. The summed E-state index contributed by atoms with van der Waals surface area (Å²) in [5.41, 5.74) is 1.16. The zero-order valence-corrected chi connectivity index (χ0v) is 12.3. The van der Waals surface area contributed by atoms with Crippen molar-refractivity contribution in [3.8, 4) is 0 Å². The highest BCUT2D eigenvalue weighted by Crippen LogP contribution is 2.21. The van der Waals surface area contributed by atoms with Crippen LogP contribution in [0.1, 0.15) is 45.2 Å². The van der Waals surface area contributed by atoms with E-state index in [9.17, 15) is 0 Å². The lowest BCUT2D eigenvalue weighted by molar-refractivity contribution is 0.0759. The number of unbranched alkanes of at least 4 members (excludes halogenated alkanes) is 1. The van der Waals surface area contributed by atoms with Gasteiger partial charge >= 0.3 is 0 Å². The van der Waals surface area contributed by atoms with Crippen LogP contribution < -0.4 is 5.32 Å². The number of rotatable bonds is 8. The van der Waals surface area contributed by atoms with Gasteiger partial charge in [0.25, 0.3) is 0 Å². The van der Waals surface area contributed by atoms with Gasteiger partial charge in [-0.25, -0.2) is 0 Å². The Morgan fingerprint density at radius 3 is 2.56 bits per heavy atom. The van der Waals surface area contributed by atoms with Crippen LogP contribution in [-0.2, 0) is 4.74 Å². The minimum Gasteiger partial charge on any atom is -0.379 e. The molecule has 0 aromatic heterocycles. The summed E-state index contributed by atoms with van der Waals surface area (Å²) in [7, 11) is 0. The Morgan fingerprint density at radius 1 is 1.17 bits per heavy atom. The van der Waals surface area contributed by atoms with Crippen molar-refractivity contribution in [1.29, 1.82) is 0 Å². The molecule has 0 spiro atoms. The number of hydrogen-bond acceptors (Lipinski definition) is 2. The Bertz CT molecular complexity index is 341. The fourth-order valence-electron chi connectivity index (χ4n) is 1.80. The average molecular weight is 270 g/mol. The molecule has 0 saturated carbocycles. The second kappa shape index (κ2) is 8.52. The minimum absolute atomic E-state index is 0.296. The van der Waals surface area contributed by atoms with E-state index in [4.69, 9.17) is 16.3 Å². The van der Waals surface area contributed by atoms with E-state index >= 15 is 0 Å². The first-order valence-corrected chi connectivity index (χ1v) is 7.08. The second-order valence-electron chi connectivity index (χ2n) is 4.82. The van der Waals surface area contributed by atoms with E-state index in [0.29, 0.717) is 12.1 Å². The van der Waals surface area contributed by atoms with Crippen molar-refractivity contribution in [2.45, 2.75) is 45.8 Å². The summed E-state index contributed by atoms with van der Waals surface area (Å²) in [4.78, 5) is 0. The first-order valence-electron chi connectivity index (χ1n) is 6.70. The highest BCUT2D eigenvalue weighted by Gasteiger charge is 2.07.